The number of ether oxygens (including phenoxy) is 2. The van der Waals surface area contributed by atoms with Crippen molar-refractivity contribution in [1.29, 1.82) is 0 Å². The van der Waals surface area contributed by atoms with Gasteiger partial charge >= 0.3 is 0 Å². The molecule has 31 heavy (non-hydrogen) atoms. The molecule has 2 aromatic heterocycles. The molecule has 5 rings (SSSR count). The Balaban J connectivity index is 1.69. The summed E-state index contributed by atoms with van der Waals surface area (Å²) in [5.74, 6) is 7.73. The van der Waals surface area contributed by atoms with Gasteiger partial charge in [-0.1, -0.05) is 18.1 Å². The monoisotopic (exact) mass is 410 g/mol. The normalized spacial score (nSPS) is 18.7. The van der Waals surface area contributed by atoms with E-state index in [-0.39, 0.29) is 18.0 Å². The van der Waals surface area contributed by atoms with Gasteiger partial charge in [0, 0.05) is 34.5 Å². The average Bonchev–Trinajstić information content (AvgIpc) is 3.15. The Morgan fingerprint density at radius 1 is 1.03 bits per heavy atom. The third-order valence-corrected chi connectivity index (χ3v) is 5.25. The van der Waals surface area contributed by atoms with Gasteiger partial charge in [-0.3, -0.25) is 4.98 Å². The van der Waals surface area contributed by atoms with Crippen molar-refractivity contribution >= 4 is 6.02 Å². The molecule has 6 nitrogen and oxygen atoms in total. The van der Waals surface area contributed by atoms with Gasteiger partial charge in [0.25, 0.3) is 6.02 Å². The minimum Gasteiger partial charge on any atom is -0.462 e. The summed E-state index contributed by atoms with van der Waals surface area (Å²) < 4.78 is 11.9. The van der Waals surface area contributed by atoms with Crippen LogP contribution in [0.3, 0.4) is 0 Å². The van der Waals surface area contributed by atoms with Gasteiger partial charge in [-0.2, -0.15) is 0 Å². The van der Waals surface area contributed by atoms with Crippen LogP contribution in [0, 0.1) is 17.3 Å². The molecule has 0 aliphatic carbocycles. The molecule has 2 aliphatic heterocycles. The van der Waals surface area contributed by atoms with E-state index in [2.05, 4.69) is 48.6 Å². The Labute approximate surface area is 181 Å². The first kappa shape index (κ1) is 19.1. The summed E-state index contributed by atoms with van der Waals surface area (Å²) in [4.78, 5) is 13.5. The molecule has 1 spiro atoms. The van der Waals surface area contributed by atoms with Crippen molar-refractivity contribution in [3.05, 3.63) is 71.8 Å². The lowest BCUT2D eigenvalue weighted by atomic mass is 9.80. The highest BCUT2D eigenvalue weighted by Gasteiger charge is 2.47. The van der Waals surface area contributed by atoms with Crippen molar-refractivity contribution in [1.82, 2.24) is 9.97 Å². The van der Waals surface area contributed by atoms with Crippen LogP contribution in [0.15, 0.2) is 60.0 Å². The fraction of sp³-hybridized carbons (Fsp3) is 0.240. The number of hydrogen-bond acceptors (Lipinski definition) is 6. The maximum atomic E-state index is 6.20. The topological polar surface area (TPSA) is 82.6 Å². The lowest BCUT2D eigenvalue weighted by molar-refractivity contribution is 0.264. The van der Waals surface area contributed by atoms with Crippen LogP contribution < -0.4 is 10.5 Å². The van der Waals surface area contributed by atoms with Crippen molar-refractivity contribution < 1.29 is 9.47 Å². The van der Waals surface area contributed by atoms with E-state index in [1.54, 1.807) is 12.4 Å². The third-order valence-electron chi connectivity index (χ3n) is 5.25. The SMILES string of the molecule is CC(C)(C)C#Cc1cc2c(cn1)Oc1ccc(-c3cccnc3)cc1[C@@]21COC(N)=N1. The highest BCUT2D eigenvalue weighted by molar-refractivity contribution is 5.78. The van der Waals surface area contributed by atoms with Crippen molar-refractivity contribution in [2.24, 2.45) is 16.1 Å². The second kappa shape index (κ2) is 6.85. The molecule has 0 saturated heterocycles. The molecule has 2 aliphatic rings. The van der Waals surface area contributed by atoms with E-state index in [0.29, 0.717) is 17.2 Å². The smallest absolute Gasteiger partial charge is 0.283 e. The van der Waals surface area contributed by atoms with Crippen LogP contribution in [0.4, 0.5) is 0 Å². The zero-order chi connectivity index (χ0) is 21.6. The van der Waals surface area contributed by atoms with Gasteiger partial charge in [-0.05, 0) is 56.5 Å². The summed E-state index contributed by atoms with van der Waals surface area (Å²) >= 11 is 0. The van der Waals surface area contributed by atoms with E-state index in [1.165, 1.54) is 0 Å². The van der Waals surface area contributed by atoms with Gasteiger partial charge in [0.05, 0.1) is 6.20 Å². The van der Waals surface area contributed by atoms with Crippen molar-refractivity contribution in [3.8, 4) is 34.5 Å². The van der Waals surface area contributed by atoms with E-state index in [0.717, 1.165) is 22.3 Å². The van der Waals surface area contributed by atoms with E-state index in [1.807, 2.05) is 36.5 Å². The molecule has 0 amide bonds. The largest absolute Gasteiger partial charge is 0.462 e. The Morgan fingerprint density at radius 2 is 1.87 bits per heavy atom. The number of nitrogens with zero attached hydrogens (tertiary/aromatic N) is 3. The molecular formula is C25H22N4O2. The molecule has 4 heterocycles. The quantitative estimate of drug-likeness (QED) is 0.607. The van der Waals surface area contributed by atoms with Crippen LogP contribution in [-0.2, 0) is 10.3 Å². The molecule has 0 saturated carbocycles. The first-order valence-electron chi connectivity index (χ1n) is 10.1. The van der Waals surface area contributed by atoms with E-state index in [9.17, 15) is 0 Å². The summed E-state index contributed by atoms with van der Waals surface area (Å²) in [6, 6.07) is 12.0. The minimum atomic E-state index is -0.813. The Morgan fingerprint density at radius 3 is 2.58 bits per heavy atom. The van der Waals surface area contributed by atoms with Crippen molar-refractivity contribution in [2.75, 3.05) is 6.61 Å². The summed E-state index contributed by atoms with van der Waals surface area (Å²) in [6.45, 7) is 6.48. The lowest BCUT2D eigenvalue weighted by Crippen LogP contribution is -2.31. The Bertz CT molecular complexity index is 1270. The Kier molecular flexibility index (Phi) is 4.23. The van der Waals surface area contributed by atoms with Crippen LogP contribution in [-0.4, -0.2) is 22.6 Å². The summed E-state index contributed by atoms with van der Waals surface area (Å²) in [6.07, 6.45) is 5.29. The molecule has 1 aromatic carbocycles. The standard InChI is InChI=1S/C25H22N4O2/c1-24(2,3)9-8-18-12-20-22(14-28-18)31-21-7-6-16(17-5-4-10-27-13-17)11-19(21)25(20)15-30-23(26)29-25/h4-7,10-14H,15H2,1-3H3,(H2,26,29)/t25-/m0/s1. The number of fused-ring (bicyclic) bond motifs is 4. The first-order valence-corrected chi connectivity index (χ1v) is 10.1. The van der Waals surface area contributed by atoms with E-state index < -0.39 is 5.54 Å². The lowest BCUT2D eigenvalue weighted by Gasteiger charge is -2.33. The average molecular weight is 410 g/mol. The second-order valence-electron chi connectivity index (χ2n) is 8.72. The predicted octanol–water partition coefficient (Wildman–Crippen LogP) is 4.24. The summed E-state index contributed by atoms with van der Waals surface area (Å²) in [7, 11) is 0. The predicted molar refractivity (Wildman–Crippen MR) is 119 cm³/mol. The van der Waals surface area contributed by atoms with E-state index in [4.69, 9.17) is 20.2 Å². The van der Waals surface area contributed by atoms with Gasteiger partial charge in [0.1, 0.15) is 18.1 Å². The molecular weight excluding hydrogens is 388 g/mol. The number of nitrogens with two attached hydrogens (primary N) is 1. The molecule has 1 atom stereocenters. The zero-order valence-electron chi connectivity index (χ0n) is 17.6. The number of pyridine rings is 2. The van der Waals surface area contributed by atoms with Gasteiger partial charge in [0.15, 0.2) is 11.3 Å². The van der Waals surface area contributed by atoms with Gasteiger partial charge < -0.3 is 15.2 Å². The van der Waals surface area contributed by atoms with Crippen LogP contribution >= 0.6 is 0 Å². The number of hydrogen-bond donors (Lipinski definition) is 1. The summed E-state index contributed by atoms with van der Waals surface area (Å²) in [5, 5.41) is 0. The molecule has 0 unspecified atom stereocenters. The highest BCUT2D eigenvalue weighted by atomic mass is 16.5. The zero-order valence-corrected chi connectivity index (χ0v) is 17.6. The van der Waals surface area contributed by atoms with Crippen LogP contribution in [0.2, 0.25) is 0 Å². The van der Waals surface area contributed by atoms with Crippen molar-refractivity contribution in [2.45, 2.75) is 26.3 Å². The van der Waals surface area contributed by atoms with Crippen LogP contribution in [0.25, 0.3) is 11.1 Å². The number of aromatic nitrogens is 2. The molecule has 0 radical (unpaired) electrons. The number of rotatable bonds is 1. The fourth-order valence-electron chi connectivity index (χ4n) is 3.79. The number of aliphatic imine (C=N–C) groups is 1. The van der Waals surface area contributed by atoms with E-state index >= 15 is 0 Å². The molecule has 0 bridgehead atoms. The second-order valence-corrected chi connectivity index (χ2v) is 8.72. The van der Waals surface area contributed by atoms with Crippen molar-refractivity contribution in [3.63, 3.8) is 0 Å². The summed E-state index contributed by atoms with van der Waals surface area (Å²) in [5.41, 5.74) is 9.46. The highest BCUT2D eigenvalue weighted by Crippen LogP contribution is 2.51. The Hall–Kier alpha value is -3.85. The fourth-order valence-corrected chi connectivity index (χ4v) is 3.79. The number of benzene rings is 1. The van der Waals surface area contributed by atoms with Gasteiger partial charge in [-0.25, -0.2) is 9.98 Å². The molecule has 3 aromatic rings. The number of amidine groups is 1. The molecule has 6 heteroatoms. The maximum Gasteiger partial charge on any atom is 0.283 e. The maximum absolute atomic E-state index is 6.20. The van der Waals surface area contributed by atoms with Gasteiger partial charge in [0.2, 0.25) is 0 Å². The van der Waals surface area contributed by atoms with Crippen LogP contribution in [0.5, 0.6) is 11.5 Å². The molecule has 154 valence electrons. The minimum absolute atomic E-state index is 0.129. The molecule has 0 fully saturated rings. The first-order chi connectivity index (χ1) is 14.8. The van der Waals surface area contributed by atoms with Crippen LogP contribution in [0.1, 0.15) is 37.6 Å². The van der Waals surface area contributed by atoms with Gasteiger partial charge in [-0.15, -0.1) is 0 Å². The third kappa shape index (κ3) is 3.38. The molecule has 2 N–H and O–H groups in total.